The van der Waals surface area contributed by atoms with Gasteiger partial charge < -0.3 is 5.32 Å². The van der Waals surface area contributed by atoms with Crippen LogP contribution in [0.1, 0.15) is 34.6 Å². The minimum absolute atomic E-state index is 0.0791. The maximum Gasteiger partial charge on any atom is 0.0763 e. The van der Waals surface area contributed by atoms with Crippen LogP contribution in [0.3, 0.4) is 0 Å². The molecule has 0 aliphatic heterocycles. The average Bonchev–Trinajstić information content (AvgIpc) is 1.84. The van der Waals surface area contributed by atoms with Crippen LogP contribution >= 0.6 is 0 Å². The predicted octanol–water partition coefficient (Wildman–Crippen LogP) is 1.99. The van der Waals surface area contributed by atoms with Crippen molar-refractivity contribution >= 4 is 7.85 Å². The highest BCUT2D eigenvalue weighted by atomic mass is 14.9. The van der Waals surface area contributed by atoms with Crippen molar-refractivity contribution in [3.63, 3.8) is 0 Å². The Kier molecular flexibility index (Phi) is 4.16. The zero-order valence-corrected chi connectivity index (χ0v) is 8.44. The van der Waals surface area contributed by atoms with Crippen molar-refractivity contribution in [1.82, 2.24) is 5.32 Å². The molecule has 0 amide bonds. The van der Waals surface area contributed by atoms with Crippen molar-refractivity contribution in [2.75, 3.05) is 6.54 Å². The third kappa shape index (κ3) is 4.46. The summed E-state index contributed by atoms with van der Waals surface area (Å²) in [6.07, 6.45) is 0. The van der Waals surface area contributed by atoms with Gasteiger partial charge >= 0.3 is 0 Å². The fourth-order valence-electron chi connectivity index (χ4n) is 0.628. The van der Waals surface area contributed by atoms with Crippen LogP contribution in [-0.4, -0.2) is 20.4 Å². The van der Waals surface area contributed by atoms with E-state index in [1.807, 2.05) is 0 Å². The maximum absolute atomic E-state index is 6.05. The standard InChI is InChI=1S/C9H20BN/c1-7(2)9(5,10)6-11-8(3)4/h7-8,11H,6H2,1-5H3. The first-order valence-corrected chi connectivity index (χ1v) is 4.38. The smallest absolute Gasteiger partial charge is 0.0763 e. The lowest BCUT2D eigenvalue weighted by Crippen LogP contribution is -2.34. The molecule has 0 aromatic rings. The second-order valence-electron chi connectivity index (χ2n) is 4.20. The monoisotopic (exact) mass is 153 g/mol. The van der Waals surface area contributed by atoms with Crippen LogP contribution in [0.2, 0.25) is 5.31 Å². The van der Waals surface area contributed by atoms with E-state index in [1.54, 1.807) is 0 Å². The summed E-state index contributed by atoms with van der Waals surface area (Å²) >= 11 is 0. The first kappa shape index (κ1) is 11.0. The van der Waals surface area contributed by atoms with Crippen molar-refractivity contribution < 1.29 is 0 Å². The lowest BCUT2D eigenvalue weighted by molar-refractivity contribution is 0.399. The molecule has 0 aliphatic rings. The average molecular weight is 153 g/mol. The maximum atomic E-state index is 6.05. The molecule has 1 N–H and O–H groups in total. The molecule has 0 heterocycles. The normalized spacial score (nSPS) is 17.4. The van der Waals surface area contributed by atoms with Gasteiger partial charge in [-0.2, -0.15) is 0 Å². The second kappa shape index (κ2) is 4.15. The summed E-state index contributed by atoms with van der Waals surface area (Å²) in [5.74, 6) is 0.522. The van der Waals surface area contributed by atoms with Gasteiger partial charge in [0.05, 0.1) is 7.85 Å². The first-order chi connectivity index (χ1) is 4.86. The second-order valence-corrected chi connectivity index (χ2v) is 4.20. The van der Waals surface area contributed by atoms with E-state index in [9.17, 15) is 0 Å². The molecule has 1 unspecified atom stereocenters. The Morgan fingerprint density at radius 2 is 1.73 bits per heavy atom. The molecule has 0 aromatic heterocycles. The van der Waals surface area contributed by atoms with Gasteiger partial charge in [-0.25, -0.2) is 0 Å². The third-order valence-electron chi connectivity index (χ3n) is 2.21. The topological polar surface area (TPSA) is 12.0 Å². The van der Waals surface area contributed by atoms with Gasteiger partial charge in [0.15, 0.2) is 0 Å². The van der Waals surface area contributed by atoms with Crippen molar-refractivity contribution in [3.8, 4) is 0 Å². The quantitative estimate of drug-likeness (QED) is 0.609. The Hall–Kier alpha value is 0.0249. The largest absolute Gasteiger partial charge is 0.315 e. The van der Waals surface area contributed by atoms with Crippen LogP contribution in [-0.2, 0) is 0 Å². The molecular weight excluding hydrogens is 133 g/mol. The van der Waals surface area contributed by atoms with E-state index in [0.29, 0.717) is 12.0 Å². The Labute approximate surface area is 72.4 Å². The lowest BCUT2D eigenvalue weighted by Gasteiger charge is -2.31. The molecule has 2 heteroatoms. The van der Waals surface area contributed by atoms with E-state index in [1.165, 1.54) is 0 Å². The number of nitrogens with one attached hydrogen (secondary N) is 1. The zero-order chi connectivity index (χ0) is 9.07. The van der Waals surface area contributed by atoms with Gasteiger partial charge in [0.2, 0.25) is 0 Å². The summed E-state index contributed by atoms with van der Waals surface area (Å²) in [6, 6.07) is 0.525. The summed E-state index contributed by atoms with van der Waals surface area (Å²) in [5, 5.41) is 3.26. The van der Waals surface area contributed by atoms with Crippen molar-refractivity contribution in [2.45, 2.75) is 46.0 Å². The van der Waals surface area contributed by atoms with Crippen LogP contribution in [0.5, 0.6) is 0 Å². The molecule has 0 aromatic carbocycles. The van der Waals surface area contributed by atoms with Crippen LogP contribution in [0.25, 0.3) is 0 Å². The highest BCUT2D eigenvalue weighted by Gasteiger charge is 2.21. The summed E-state index contributed by atoms with van der Waals surface area (Å²) in [4.78, 5) is 0. The lowest BCUT2D eigenvalue weighted by atomic mass is 9.63. The van der Waals surface area contributed by atoms with Crippen LogP contribution < -0.4 is 5.32 Å². The molecule has 11 heavy (non-hydrogen) atoms. The van der Waals surface area contributed by atoms with Crippen molar-refractivity contribution in [1.29, 1.82) is 0 Å². The van der Waals surface area contributed by atoms with Gasteiger partial charge in [-0.1, -0.05) is 39.9 Å². The molecule has 1 atom stereocenters. The molecule has 0 spiro atoms. The zero-order valence-electron chi connectivity index (χ0n) is 8.44. The minimum atomic E-state index is -0.0791. The van der Waals surface area contributed by atoms with E-state index >= 15 is 0 Å². The molecule has 2 radical (unpaired) electrons. The molecule has 0 aliphatic carbocycles. The summed E-state index contributed by atoms with van der Waals surface area (Å²) < 4.78 is 0. The highest BCUT2D eigenvalue weighted by molar-refractivity contribution is 6.15. The number of hydrogen-bond donors (Lipinski definition) is 1. The van der Waals surface area contributed by atoms with Gasteiger partial charge in [0, 0.05) is 6.04 Å². The molecule has 64 valence electrons. The van der Waals surface area contributed by atoms with Crippen LogP contribution in [0, 0.1) is 5.92 Å². The molecular formula is C9H20BN. The van der Waals surface area contributed by atoms with E-state index in [0.717, 1.165) is 6.54 Å². The molecule has 0 saturated carbocycles. The Morgan fingerprint density at radius 1 is 1.27 bits per heavy atom. The fourth-order valence-corrected chi connectivity index (χ4v) is 0.628. The molecule has 0 rings (SSSR count). The van der Waals surface area contributed by atoms with Gasteiger partial charge in [-0.15, -0.1) is 0 Å². The predicted molar refractivity (Wildman–Crippen MR) is 52.1 cm³/mol. The highest BCUT2D eigenvalue weighted by Crippen LogP contribution is 2.29. The molecule has 0 bridgehead atoms. The molecule has 1 nitrogen and oxygen atoms in total. The third-order valence-corrected chi connectivity index (χ3v) is 2.21. The fraction of sp³-hybridized carbons (Fsp3) is 1.00. The number of rotatable bonds is 4. The van der Waals surface area contributed by atoms with Gasteiger partial charge in [-0.05, 0) is 12.5 Å². The van der Waals surface area contributed by atoms with Crippen LogP contribution in [0.4, 0.5) is 0 Å². The first-order valence-electron chi connectivity index (χ1n) is 4.38. The van der Waals surface area contributed by atoms with E-state index in [2.05, 4.69) is 39.9 Å². The summed E-state index contributed by atoms with van der Waals surface area (Å²) in [5.41, 5.74) is 0. The summed E-state index contributed by atoms with van der Waals surface area (Å²) in [6.45, 7) is 11.6. The summed E-state index contributed by atoms with van der Waals surface area (Å²) in [7, 11) is 6.05. The Bertz CT molecular complexity index is 108. The SMILES string of the molecule is [B]C(C)(CNC(C)C)C(C)C. The van der Waals surface area contributed by atoms with E-state index < -0.39 is 0 Å². The Balaban J connectivity index is 3.73. The van der Waals surface area contributed by atoms with Gasteiger partial charge in [0.1, 0.15) is 0 Å². The van der Waals surface area contributed by atoms with Crippen molar-refractivity contribution in [2.24, 2.45) is 5.92 Å². The number of hydrogen-bond acceptors (Lipinski definition) is 1. The Morgan fingerprint density at radius 3 is 2.00 bits per heavy atom. The molecule has 0 fully saturated rings. The van der Waals surface area contributed by atoms with E-state index in [4.69, 9.17) is 7.85 Å². The van der Waals surface area contributed by atoms with Gasteiger partial charge in [0.25, 0.3) is 0 Å². The van der Waals surface area contributed by atoms with Crippen molar-refractivity contribution in [3.05, 3.63) is 0 Å². The minimum Gasteiger partial charge on any atom is -0.315 e. The van der Waals surface area contributed by atoms with Gasteiger partial charge in [-0.3, -0.25) is 0 Å². The van der Waals surface area contributed by atoms with Crippen LogP contribution in [0.15, 0.2) is 0 Å². The van der Waals surface area contributed by atoms with E-state index in [-0.39, 0.29) is 5.31 Å². The molecule has 0 saturated heterocycles.